The summed E-state index contributed by atoms with van der Waals surface area (Å²) < 4.78 is 31.0. The number of carbonyl (C=O) groups excluding carboxylic acids is 1. The molecule has 0 bridgehead atoms. The Balaban J connectivity index is 3.09. The van der Waals surface area contributed by atoms with Gasteiger partial charge in [0.05, 0.1) is 5.56 Å². The zero-order valence-corrected chi connectivity index (χ0v) is 9.62. The normalized spacial score (nSPS) is 11.1. The van der Waals surface area contributed by atoms with E-state index in [0.29, 0.717) is 6.54 Å². The van der Waals surface area contributed by atoms with Gasteiger partial charge in [-0.2, -0.15) is 8.42 Å². The van der Waals surface area contributed by atoms with E-state index >= 15 is 0 Å². The third-order valence-corrected chi connectivity index (χ3v) is 2.86. The lowest BCUT2D eigenvalue weighted by molar-refractivity contribution is 0.0950. The van der Waals surface area contributed by atoms with Crippen LogP contribution in [-0.4, -0.2) is 25.4 Å². The summed E-state index contributed by atoms with van der Waals surface area (Å²) in [6.45, 7) is 2.34. The number of amides is 1. The molecule has 0 aliphatic carbocycles. The van der Waals surface area contributed by atoms with Gasteiger partial charge in [-0.3, -0.25) is 9.35 Å². The number of nitrogens with one attached hydrogen (secondary N) is 1. The Hall–Kier alpha value is -1.40. The van der Waals surface area contributed by atoms with Gasteiger partial charge in [0.25, 0.3) is 16.0 Å². The lowest BCUT2D eigenvalue weighted by Crippen LogP contribution is -2.25. The van der Waals surface area contributed by atoms with Crippen molar-refractivity contribution in [1.29, 1.82) is 0 Å². The first kappa shape index (κ1) is 12.7. The summed E-state index contributed by atoms with van der Waals surface area (Å²) in [4.78, 5) is 11.2. The largest absolute Gasteiger partial charge is 0.352 e. The third kappa shape index (κ3) is 3.04. The molecule has 88 valence electrons. The molecule has 1 amide bonds. The molecule has 0 aliphatic rings. The van der Waals surface area contributed by atoms with Crippen molar-refractivity contribution in [2.24, 2.45) is 0 Å². The Bertz CT molecular complexity index is 481. The Morgan fingerprint density at radius 1 is 1.38 bits per heavy atom. The van der Waals surface area contributed by atoms with E-state index in [1.54, 1.807) is 0 Å². The quantitative estimate of drug-likeness (QED) is 0.775. The van der Waals surface area contributed by atoms with Crippen LogP contribution in [0.2, 0.25) is 0 Å². The van der Waals surface area contributed by atoms with E-state index in [4.69, 9.17) is 4.55 Å². The van der Waals surface area contributed by atoms with Crippen molar-refractivity contribution in [3.05, 3.63) is 29.8 Å². The lowest BCUT2D eigenvalue weighted by atomic mass is 10.2. The van der Waals surface area contributed by atoms with E-state index in [-0.39, 0.29) is 10.5 Å². The molecule has 0 fully saturated rings. The molecule has 5 nitrogen and oxygen atoms in total. The summed E-state index contributed by atoms with van der Waals surface area (Å²) in [5, 5.41) is 2.55. The zero-order chi connectivity index (χ0) is 12.2. The van der Waals surface area contributed by atoms with Crippen molar-refractivity contribution < 1.29 is 17.8 Å². The van der Waals surface area contributed by atoms with Gasteiger partial charge in [-0.05, 0) is 18.6 Å². The van der Waals surface area contributed by atoms with E-state index in [9.17, 15) is 13.2 Å². The highest BCUT2D eigenvalue weighted by Gasteiger charge is 2.19. The summed E-state index contributed by atoms with van der Waals surface area (Å²) >= 11 is 0. The predicted octanol–water partition coefficient (Wildman–Crippen LogP) is 1.07. The molecule has 0 unspecified atom stereocenters. The molecule has 1 rings (SSSR count). The standard InChI is InChI=1S/C10H13NO4S/c1-2-7-11-10(12)8-5-3-4-6-9(8)16(13,14)15/h3-6H,2,7H2,1H3,(H,11,12)(H,13,14,15). The first-order chi connectivity index (χ1) is 7.46. The third-order valence-electron chi connectivity index (χ3n) is 1.95. The lowest BCUT2D eigenvalue weighted by Gasteiger charge is -2.06. The van der Waals surface area contributed by atoms with Crippen molar-refractivity contribution in [2.45, 2.75) is 18.2 Å². The molecule has 0 saturated heterocycles. The van der Waals surface area contributed by atoms with Crippen LogP contribution in [0.1, 0.15) is 23.7 Å². The monoisotopic (exact) mass is 243 g/mol. The Labute approximate surface area is 94.2 Å². The SMILES string of the molecule is CCCNC(=O)c1ccccc1S(=O)(=O)O. The maximum absolute atomic E-state index is 11.6. The molecule has 0 heterocycles. The number of hydrogen-bond donors (Lipinski definition) is 2. The first-order valence-corrected chi connectivity index (χ1v) is 6.25. The fourth-order valence-corrected chi connectivity index (χ4v) is 1.90. The number of benzene rings is 1. The molecule has 0 saturated carbocycles. The van der Waals surface area contributed by atoms with Gasteiger partial charge in [-0.1, -0.05) is 19.1 Å². The van der Waals surface area contributed by atoms with Crippen molar-refractivity contribution in [1.82, 2.24) is 5.32 Å². The molecular weight excluding hydrogens is 230 g/mol. The Morgan fingerprint density at radius 2 is 2.00 bits per heavy atom. The van der Waals surface area contributed by atoms with Crippen LogP contribution in [0.4, 0.5) is 0 Å². The van der Waals surface area contributed by atoms with Crippen LogP contribution >= 0.6 is 0 Å². The molecule has 2 N–H and O–H groups in total. The Morgan fingerprint density at radius 3 is 2.56 bits per heavy atom. The highest BCUT2D eigenvalue weighted by atomic mass is 32.2. The maximum atomic E-state index is 11.6. The van der Waals surface area contributed by atoms with E-state index in [2.05, 4.69) is 5.32 Å². The average Bonchev–Trinajstić information content (AvgIpc) is 2.24. The van der Waals surface area contributed by atoms with Crippen molar-refractivity contribution in [3.63, 3.8) is 0 Å². The van der Waals surface area contributed by atoms with Gasteiger partial charge in [0.15, 0.2) is 0 Å². The molecule has 0 radical (unpaired) electrons. The first-order valence-electron chi connectivity index (χ1n) is 4.81. The minimum Gasteiger partial charge on any atom is -0.352 e. The predicted molar refractivity (Wildman–Crippen MR) is 58.9 cm³/mol. The van der Waals surface area contributed by atoms with Gasteiger partial charge in [-0.25, -0.2) is 0 Å². The number of rotatable bonds is 4. The van der Waals surface area contributed by atoms with Crippen molar-refractivity contribution in [3.8, 4) is 0 Å². The molecule has 6 heteroatoms. The highest BCUT2D eigenvalue weighted by Crippen LogP contribution is 2.14. The van der Waals surface area contributed by atoms with Gasteiger partial charge < -0.3 is 5.32 Å². The maximum Gasteiger partial charge on any atom is 0.295 e. The van der Waals surface area contributed by atoms with Gasteiger partial charge in [-0.15, -0.1) is 0 Å². The van der Waals surface area contributed by atoms with Crippen LogP contribution in [0.5, 0.6) is 0 Å². The number of hydrogen-bond acceptors (Lipinski definition) is 3. The van der Waals surface area contributed by atoms with Crippen molar-refractivity contribution >= 4 is 16.0 Å². The van der Waals surface area contributed by atoms with Crippen LogP contribution in [0.15, 0.2) is 29.2 Å². The van der Waals surface area contributed by atoms with Crippen molar-refractivity contribution in [2.75, 3.05) is 6.54 Å². The van der Waals surface area contributed by atoms with Gasteiger partial charge in [0.2, 0.25) is 0 Å². The minimum absolute atomic E-state index is 0.0431. The van der Waals surface area contributed by atoms with Crippen LogP contribution in [0, 0.1) is 0 Å². The Kier molecular flexibility index (Phi) is 4.03. The van der Waals surface area contributed by atoms with Crippen LogP contribution < -0.4 is 5.32 Å². The van der Waals surface area contributed by atoms with E-state index in [1.165, 1.54) is 24.3 Å². The highest BCUT2D eigenvalue weighted by molar-refractivity contribution is 7.86. The van der Waals surface area contributed by atoms with Crippen LogP contribution in [-0.2, 0) is 10.1 Å². The summed E-state index contributed by atoms with van der Waals surface area (Å²) in [5.41, 5.74) is -0.0431. The molecule has 0 spiro atoms. The second-order valence-corrected chi connectivity index (χ2v) is 4.62. The molecule has 1 aromatic rings. The summed E-state index contributed by atoms with van der Waals surface area (Å²) in [7, 11) is -4.36. The minimum atomic E-state index is -4.36. The average molecular weight is 243 g/mol. The molecule has 1 aromatic carbocycles. The van der Waals surface area contributed by atoms with Gasteiger partial charge in [0.1, 0.15) is 4.90 Å². The summed E-state index contributed by atoms with van der Waals surface area (Å²) in [5.74, 6) is -0.505. The van der Waals surface area contributed by atoms with Crippen LogP contribution in [0.3, 0.4) is 0 Å². The summed E-state index contributed by atoms with van der Waals surface area (Å²) in [6, 6.07) is 5.53. The number of carbonyl (C=O) groups is 1. The fraction of sp³-hybridized carbons (Fsp3) is 0.300. The molecule has 0 atom stereocenters. The second kappa shape index (κ2) is 5.09. The van der Waals surface area contributed by atoms with E-state index in [1.807, 2.05) is 6.92 Å². The fourth-order valence-electron chi connectivity index (χ4n) is 1.21. The molecular formula is C10H13NO4S. The molecule has 16 heavy (non-hydrogen) atoms. The van der Waals surface area contributed by atoms with E-state index in [0.717, 1.165) is 6.42 Å². The van der Waals surface area contributed by atoms with E-state index < -0.39 is 16.0 Å². The van der Waals surface area contributed by atoms with Gasteiger partial charge >= 0.3 is 0 Å². The second-order valence-electron chi connectivity index (χ2n) is 3.23. The smallest absolute Gasteiger partial charge is 0.295 e. The van der Waals surface area contributed by atoms with Crippen LogP contribution in [0.25, 0.3) is 0 Å². The topological polar surface area (TPSA) is 83.5 Å². The zero-order valence-electron chi connectivity index (χ0n) is 8.80. The van der Waals surface area contributed by atoms with Gasteiger partial charge in [0, 0.05) is 6.54 Å². The molecule has 0 aliphatic heterocycles. The summed E-state index contributed by atoms with van der Waals surface area (Å²) in [6.07, 6.45) is 0.750. The molecule has 0 aromatic heterocycles.